The number of phosphoric acid groups is 1. The maximum absolute atomic E-state index is 8.77. The van der Waals surface area contributed by atoms with E-state index in [0.717, 1.165) is 7.11 Å². The molecule has 8 heteroatoms. The molecule has 0 aliphatic rings. The van der Waals surface area contributed by atoms with Crippen molar-refractivity contribution in [2.45, 2.75) is 6.92 Å². The zero-order valence-corrected chi connectivity index (χ0v) is 9.45. The Balaban J connectivity index is -0.0000000360. The van der Waals surface area contributed by atoms with Crippen LogP contribution in [-0.4, -0.2) is 22.0 Å². The van der Waals surface area contributed by atoms with Crippen molar-refractivity contribution < 1.29 is 53.9 Å². The molecular formula is C3H9NNaO5P. The van der Waals surface area contributed by atoms with Gasteiger partial charge in [-0.05, 0) is 0 Å². The van der Waals surface area contributed by atoms with Gasteiger partial charge in [0.05, 0.1) is 6.07 Å². The zero-order chi connectivity index (χ0) is 9.21. The monoisotopic (exact) mass is 193 g/mol. The van der Waals surface area contributed by atoms with Crippen LogP contribution in [0.3, 0.4) is 0 Å². The van der Waals surface area contributed by atoms with Gasteiger partial charge in [0.25, 0.3) is 7.82 Å². The van der Waals surface area contributed by atoms with E-state index in [1.165, 1.54) is 6.92 Å². The van der Waals surface area contributed by atoms with Crippen molar-refractivity contribution >= 4 is 7.82 Å². The molecule has 62 valence electrons. The summed E-state index contributed by atoms with van der Waals surface area (Å²) in [6.07, 6.45) is 0. The van der Waals surface area contributed by atoms with Crippen molar-refractivity contribution in [3.05, 3.63) is 0 Å². The first-order valence-corrected chi connectivity index (χ1v) is 3.47. The SMILES string of the molecule is CC#N.CO.O=P([O-])(O)O.[Na+]. The minimum Gasteiger partial charge on any atom is -0.756 e. The van der Waals surface area contributed by atoms with Gasteiger partial charge >= 0.3 is 29.6 Å². The summed E-state index contributed by atoms with van der Waals surface area (Å²) in [7, 11) is -3.89. The number of hydrogen-bond acceptors (Lipinski definition) is 4. The molecule has 3 N–H and O–H groups in total. The van der Waals surface area contributed by atoms with E-state index in [1.807, 2.05) is 0 Å². The molecule has 0 aromatic carbocycles. The Hall–Kier alpha value is 0.560. The van der Waals surface area contributed by atoms with E-state index in [0.29, 0.717) is 0 Å². The van der Waals surface area contributed by atoms with Crippen LogP contribution in [0, 0.1) is 11.3 Å². The Labute approximate surface area is 87.0 Å². The minimum absolute atomic E-state index is 0. The Morgan fingerprint density at radius 3 is 1.45 bits per heavy atom. The topological polar surface area (TPSA) is 125 Å². The second-order valence-corrected chi connectivity index (χ2v) is 1.70. The standard InChI is InChI=1S/C2H3N.CH4O.Na.H3O4P/c1-2-3;1-2;;1-5(2,3)4/h1H3;2H,1H3;;(H3,1,2,3,4)/q;;+1;/p-1. The van der Waals surface area contributed by atoms with Gasteiger partial charge in [0.15, 0.2) is 0 Å². The smallest absolute Gasteiger partial charge is 0.756 e. The van der Waals surface area contributed by atoms with E-state index in [1.54, 1.807) is 6.07 Å². The first-order chi connectivity index (χ1) is 4.41. The Morgan fingerprint density at radius 1 is 1.45 bits per heavy atom. The average molecular weight is 193 g/mol. The summed E-state index contributed by atoms with van der Waals surface area (Å²) < 4.78 is 8.77. The molecule has 0 aliphatic heterocycles. The molecule has 0 atom stereocenters. The first-order valence-electron chi connectivity index (χ1n) is 1.94. The normalized spacial score (nSPS) is 6.64. The third-order valence-corrected chi connectivity index (χ3v) is 0. The van der Waals surface area contributed by atoms with Crippen LogP contribution in [0.2, 0.25) is 0 Å². The molecule has 0 saturated carbocycles. The van der Waals surface area contributed by atoms with E-state index in [9.17, 15) is 0 Å². The Bertz CT molecular complexity index is 120. The number of rotatable bonds is 0. The predicted octanol–water partition coefficient (Wildman–Crippen LogP) is -4.42. The molecule has 0 amide bonds. The van der Waals surface area contributed by atoms with Crippen LogP contribution in [-0.2, 0) is 4.57 Å². The third kappa shape index (κ3) is 2470. The number of nitriles is 1. The summed E-state index contributed by atoms with van der Waals surface area (Å²) in [6.45, 7) is 1.43. The molecule has 6 nitrogen and oxygen atoms in total. The van der Waals surface area contributed by atoms with Gasteiger partial charge in [-0.2, -0.15) is 5.26 Å². The molecule has 0 aromatic heterocycles. The first kappa shape index (κ1) is 22.6. The summed E-state index contributed by atoms with van der Waals surface area (Å²) in [5.74, 6) is 0. The van der Waals surface area contributed by atoms with Gasteiger partial charge in [-0.15, -0.1) is 0 Å². The van der Waals surface area contributed by atoms with Gasteiger partial charge in [0.1, 0.15) is 0 Å². The predicted molar refractivity (Wildman–Crippen MR) is 31.5 cm³/mol. The second kappa shape index (κ2) is 16.9. The maximum Gasteiger partial charge on any atom is 1.00 e. The van der Waals surface area contributed by atoms with Crippen molar-refractivity contribution in [2.24, 2.45) is 0 Å². The quantitative estimate of drug-likeness (QED) is 0.263. The summed E-state index contributed by atoms with van der Waals surface area (Å²) >= 11 is 0. The van der Waals surface area contributed by atoms with Crippen LogP contribution < -0.4 is 34.5 Å². The van der Waals surface area contributed by atoms with Crippen molar-refractivity contribution in [1.82, 2.24) is 0 Å². The molecule has 0 aliphatic carbocycles. The van der Waals surface area contributed by atoms with Gasteiger partial charge in [-0.3, -0.25) is 4.57 Å². The molecular weight excluding hydrogens is 184 g/mol. The third-order valence-electron chi connectivity index (χ3n) is 0. The van der Waals surface area contributed by atoms with Crippen molar-refractivity contribution in [2.75, 3.05) is 7.11 Å². The van der Waals surface area contributed by atoms with Gasteiger partial charge in [0.2, 0.25) is 0 Å². The Kier molecular flexibility index (Phi) is 34.6. The number of hydrogen-bond donors (Lipinski definition) is 3. The Morgan fingerprint density at radius 2 is 1.45 bits per heavy atom. The van der Waals surface area contributed by atoms with Gasteiger partial charge in [-0.25, -0.2) is 0 Å². The second-order valence-electron chi connectivity index (χ2n) is 0.714. The van der Waals surface area contributed by atoms with Gasteiger partial charge in [-0.1, -0.05) is 0 Å². The molecule has 0 fully saturated rings. The van der Waals surface area contributed by atoms with E-state index < -0.39 is 7.82 Å². The summed E-state index contributed by atoms with van der Waals surface area (Å²) in [4.78, 5) is 22.9. The van der Waals surface area contributed by atoms with Crippen molar-refractivity contribution in [3.63, 3.8) is 0 Å². The molecule has 0 bridgehead atoms. The molecule has 0 heterocycles. The molecule has 0 spiro atoms. The summed E-state index contributed by atoms with van der Waals surface area (Å²) in [5.41, 5.74) is 0. The largest absolute Gasteiger partial charge is 1.00 e. The fraction of sp³-hybridized carbons (Fsp3) is 0.667. The fourth-order valence-corrected chi connectivity index (χ4v) is 0. The summed E-state index contributed by atoms with van der Waals surface area (Å²) in [5, 5.41) is 14.3. The van der Waals surface area contributed by atoms with Crippen LogP contribution >= 0.6 is 7.82 Å². The van der Waals surface area contributed by atoms with Crippen molar-refractivity contribution in [1.29, 1.82) is 5.26 Å². The van der Waals surface area contributed by atoms with Crippen LogP contribution in [0.15, 0.2) is 0 Å². The van der Waals surface area contributed by atoms with E-state index in [2.05, 4.69) is 0 Å². The maximum atomic E-state index is 8.77. The molecule has 0 aromatic rings. The van der Waals surface area contributed by atoms with Gasteiger partial charge < -0.3 is 19.8 Å². The van der Waals surface area contributed by atoms with E-state index >= 15 is 0 Å². The molecule has 0 rings (SSSR count). The number of aliphatic hydroxyl groups is 1. The summed E-state index contributed by atoms with van der Waals surface area (Å²) in [6, 6.07) is 1.75. The minimum atomic E-state index is -4.89. The van der Waals surface area contributed by atoms with Gasteiger partial charge in [0, 0.05) is 14.0 Å². The van der Waals surface area contributed by atoms with Crippen LogP contribution in [0.5, 0.6) is 0 Å². The number of aliphatic hydroxyl groups excluding tert-OH is 1. The fourth-order valence-electron chi connectivity index (χ4n) is 0. The van der Waals surface area contributed by atoms with E-state index in [-0.39, 0.29) is 29.6 Å². The van der Waals surface area contributed by atoms with E-state index in [4.69, 9.17) is 29.6 Å². The molecule has 0 saturated heterocycles. The van der Waals surface area contributed by atoms with Crippen LogP contribution in [0.4, 0.5) is 0 Å². The molecule has 0 radical (unpaired) electrons. The average Bonchev–Trinajstić information content (AvgIpc) is 1.68. The van der Waals surface area contributed by atoms with Crippen LogP contribution in [0.1, 0.15) is 6.92 Å². The molecule has 11 heavy (non-hydrogen) atoms. The molecule has 0 unspecified atom stereocenters. The van der Waals surface area contributed by atoms with Crippen LogP contribution in [0.25, 0.3) is 0 Å². The van der Waals surface area contributed by atoms with Crippen molar-refractivity contribution in [3.8, 4) is 6.07 Å². The number of nitrogens with zero attached hydrogens (tertiary/aromatic N) is 1. The zero-order valence-electron chi connectivity index (χ0n) is 6.55.